The highest BCUT2D eigenvalue weighted by Crippen LogP contribution is 2.12. The average Bonchev–Trinajstić information content (AvgIpc) is 3.31. The van der Waals surface area contributed by atoms with E-state index in [4.69, 9.17) is 4.42 Å². The Bertz CT molecular complexity index is 685. The largest absolute Gasteiger partial charge is 0.467 e. The van der Waals surface area contributed by atoms with Gasteiger partial charge in [0.1, 0.15) is 5.76 Å². The first-order valence-electron chi connectivity index (χ1n) is 8.59. The second-order valence-electron chi connectivity index (χ2n) is 6.22. The van der Waals surface area contributed by atoms with Gasteiger partial charge in [-0.2, -0.15) is 0 Å². The molecule has 0 bridgehead atoms. The minimum absolute atomic E-state index is 0.00252. The van der Waals surface area contributed by atoms with Crippen LogP contribution in [0.2, 0.25) is 0 Å². The van der Waals surface area contributed by atoms with Crippen LogP contribution in [0.15, 0.2) is 53.1 Å². The fraction of sp³-hybridized carbons (Fsp3) is 0.368. The molecule has 2 N–H and O–H groups in total. The first-order chi connectivity index (χ1) is 12.2. The Kier molecular flexibility index (Phi) is 5.72. The topological polar surface area (TPSA) is 74.6 Å². The van der Waals surface area contributed by atoms with Crippen molar-refractivity contribution >= 4 is 11.9 Å². The average molecular weight is 341 g/mol. The first-order valence-corrected chi connectivity index (χ1v) is 8.59. The third kappa shape index (κ3) is 5.11. The van der Waals surface area contributed by atoms with Crippen LogP contribution in [-0.4, -0.2) is 36.0 Å². The molecule has 1 aliphatic heterocycles. The number of aryl methyl sites for hydroxylation is 1. The number of hydrogen-bond donors (Lipinski definition) is 2. The Morgan fingerprint density at radius 2 is 2.00 bits per heavy atom. The van der Waals surface area contributed by atoms with Crippen LogP contribution in [0.4, 0.5) is 4.79 Å². The SMILES string of the molecule is O=C(NCc1ccco1)NC1CCN(C(=O)CCc2ccccc2)C1. The molecule has 3 amide bonds. The van der Waals surface area contributed by atoms with E-state index < -0.39 is 0 Å². The van der Waals surface area contributed by atoms with Gasteiger partial charge >= 0.3 is 6.03 Å². The fourth-order valence-corrected chi connectivity index (χ4v) is 2.98. The highest BCUT2D eigenvalue weighted by atomic mass is 16.3. The highest BCUT2D eigenvalue weighted by Gasteiger charge is 2.26. The van der Waals surface area contributed by atoms with Crippen molar-refractivity contribution in [2.24, 2.45) is 0 Å². The Morgan fingerprint density at radius 3 is 2.76 bits per heavy atom. The van der Waals surface area contributed by atoms with Crippen molar-refractivity contribution in [3.63, 3.8) is 0 Å². The molecule has 6 heteroatoms. The zero-order valence-corrected chi connectivity index (χ0v) is 14.1. The van der Waals surface area contributed by atoms with Gasteiger partial charge in [0.2, 0.25) is 5.91 Å². The minimum Gasteiger partial charge on any atom is -0.467 e. The standard InChI is InChI=1S/C19H23N3O3/c23-18(9-8-15-5-2-1-3-6-15)22-11-10-16(14-22)21-19(24)20-13-17-7-4-12-25-17/h1-7,12,16H,8-11,13-14H2,(H2,20,21,24). The van der Waals surface area contributed by atoms with Gasteiger partial charge in [0.25, 0.3) is 0 Å². The van der Waals surface area contributed by atoms with E-state index in [2.05, 4.69) is 10.6 Å². The van der Waals surface area contributed by atoms with Gasteiger partial charge in [-0.05, 0) is 30.5 Å². The molecule has 25 heavy (non-hydrogen) atoms. The summed E-state index contributed by atoms with van der Waals surface area (Å²) in [7, 11) is 0. The summed E-state index contributed by atoms with van der Waals surface area (Å²) in [6, 6.07) is 13.4. The van der Waals surface area contributed by atoms with E-state index in [1.54, 1.807) is 12.3 Å². The molecule has 2 aromatic rings. The second-order valence-corrected chi connectivity index (χ2v) is 6.22. The minimum atomic E-state index is -0.236. The number of nitrogens with one attached hydrogen (secondary N) is 2. The smallest absolute Gasteiger partial charge is 0.315 e. The van der Waals surface area contributed by atoms with Crippen molar-refractivity contribution in [2.45, 2.75) is 31.8 Å². The normalized spacial score (nSPS) is 16.6. The van der Waals surface area contributed by atoms with Crippen LogP contribution in [0, 0.1) is 0 Å². The molecule has 6 nitrogen and oxygen atoms in total. The number of carbonyl (C=O) groups is 2. The maximum absolute atomic E-state index is 12.3. The van der Waals surface area contributed by atoms with E-state index in [1.165, 1.54) is 5.56 Å². The number of hydrogen-bond acceptors (Lipinski definition) is 3. The van der Waals surface area contributed by atoms with Gasteiger partial charge in [0.05, 0.1) is 12.8 Å². The number of amides is 3. The van der Waals surface area contributed by atoms with Crippen LogP contribution < -0.4 is 10.6 Å². The summed E-state index contributed by atoms with van der Waals surface area (Å²) in [6.07, 6.45) is 3.61. The molecular formula is C19H23N3O3. The molecule has 0 radical (unpaired) electrons. The molecule has 3 rings (SSSR count). The molecule has 1 atom stereocenters. The molecule has 1 aliphatic rings. The maximum Gasteiger partial charge on any atom is 0.315 e. The van der Waals surface area contributed by atoms with E-state index in [0.29, 0.717) is 31.8 Å². The predicted molar refractivity (Wildman–Crippen MR) is 93.8 cm³/mol. The van der Waals surface area contributed by atoms with Crippen LogP contribution in [0.25, 0.3) is 0 Å². The molecule has 0 aliphatic carbocycles. The Balaban J connectivity index is 1.37. The van der Waals surface area contributed by atoms with Gasteiger partial charge in [-0.3, -0.25) is 4.79 Å². The van der Waals surface area contributed by atoms with Gasteiger partial charge in [-0.15, -0.1) is 0 Å². The summed E-state index contributed by atoms with van der Waals surface area (Å²) < 4.78 is 5.17. The van der Waals surface area contributed by atoms with Crippen LogP contribution >= 0.6 is 0 Å². The lowest BCUT2D eigenvalue weighted by Gasteiger charge is -2.17. The summed E-state index contributed by atoms with van der Waals surface area (Å²) in [5.74, 6) is 0.850. The van der Waals surface area contributed by atoms with Crippen molar-refractivity contribution in [3.05, 3.63) is 60.1 Å². The lowest BCUT2D eigenvalue weighted by molar-refractivity contribution is -0.130. The summed E-state index contributed by atoms with van der Waals surface area (Å²) in [4.78, 5) is 26.1. The molecular weight excluding hydrogens is 318 g/mol. The van der Waals surface area contributed by atoms with E-state index in [9.17, 15) is 9.59 Å². The lowest BCUT2D eigenvalue weighted by atomic mass is 10.1. The van der Waals surface area contributed by atoms with Crippen LogP contribution in [-0.2, 0) is 17.8 Å². The Morgan fingerprint density at radius 1 is 1.16 bits per heavy atom. The molecule has 1 fully saturated rings. The zero-order chi connectivity index (χ0) is 17.5. The third-order valence-corrected chi connectivity index (χ3v) is 4.35. The molecule has 0 saturated carbocycles. The van der Waals surface area contributed by atoms with Crippen molar-refractivity contribution < 1.29 is 14.0 Å². The summed E-state index contributed by atoms with van der Waals surface area (Å²) in [6.45, 7) is 1.61. The highest BCUT2D eigenvalue weighted by molar-refractivity contribution is 5.77. The van der Waals surface area contributed by atoms with Gasteiger partial charge in [-0.25, -0.2) is 4.79 Å². The van der Waals surface area contributed by atoms with Crippen LogP contribution in [0.1, 0.15) is 24.2 Å². The van der Waals surface area contributed by atoms with Crippen molar-refractivity contribution in [3.8, 4) is 0 Å². The predicted octanol–water partition coefficient (Wildman–Crippen LogP) is 2.31. The van der Waals surface area contributed by atoms with Gasteiger partial charge in [0, 0.05) is 25.6 Å². The summed E-state index contributed by atoms with van der Waals surface area (Å²) >= 11 is 0. The Labute approximate surface area is 147 Å². The number of furan rings is 1. The number of benzene rings is 1. The molecule has 1 aromatic carbocycles. The molecule has 2 heterocycles. The van der Waals surface area contributed by atoms with Crippen LogP contribution in [0.3, 0.4) is 0 Å². The molecule has 1 aromatic heterocycles. The lowest BCUT2D eigenvalue weighted by Crippen LogP contribution is -2.43. The van der Waals surface area contributed by atoms with E-state index in [-0.39, 0.29) is 18.0 Å². The van der Waals surface area contributed by atoms with E-state index >= 15 is 0 Å². The van der Waals surface area contributed by atoms with E-state index in [0.717, 1.165) is 12.8 Å². The maximum atomic E-state index is 12.3. The summed E-state index contributed by atoms with van der Waals surface area (Å²) in [5, 5.41) is 5.67. The third-order valence-electron chi connectivity index (χ3n) is 4.35. The van der Waals surface area contributed by atoms with Gasteiger partial charge in [0.15, 0.2) is 0 Å². The van der Waals surface area contributed by atoms with Gasteiger partial charge in [-0.1, -0.05) is 30.3 Å². The van der Waals surface area contributed by atoms with Crippen molar-refractivity contribution in [2.75, 3.05) is 13.1 Å². The molecule has 132 valence electrons. The first kappa shape index (κ1) is 17.1. The van der Waals surface area contributed by atoms with Crippen molar-refractivity contribution in [1.82, 2.24) is 15.5 Å². The van der Waals surface area contributed by atoms with Crippen LogP contribution in [0.5, 0.6) is 0 Å². The van der Waals surface area contributed by atoms with Crippen molar-refractivity contribution in [1.29, 1.82) is 0 Å². The number of nitrogens with zero attached hydrogens (tertiary/aromatic N) is 1. The fourth-order valence-electron chi connectivity index (χ4n) is 2.98. The quantitative estimate of drug-likeness (QED) is 0.847. The second kappa shape index (κ2) is 8.37. The molecule has 1 unspecified atom stereocenters. The summed E-state index contributed by atoms with van der Waals surface area (Å²) in [5.41, 5.74) is 1.17. The monoisotopic (exact) mass is 341 g/mol. The molecule has 0 spiro atoms. The van der Waals surface area contributed by atoms with Gasteiger partial charge < -0.3 is 20.0 Å². The number of likely N-dealkylation sites (tertiary alicyclic amines) is 1. The Hall–Kier alpha value is -2.76. The number of rotatable bonds is 6. The number of urea groups is 1. The van der Waals surface area contributed by atoms with E-state index in [1.807, 2.05) is 41.3 Å². The molecule has 1 saturated heterocycles. The number of carbonyl (C=O) groups excluding carboxylic acids is 2. The zero-order valence-electron chi connectivity index (χ0n) is 14.1.